The molecule has 1 aromatic carbocycles. The Morgan fingerprint density at radius 2 is 2.04 bits per heavy atom. The number of rotatable bonds is 2. The molecule has 0 aromatic heterocycles. The zero-order valence-electron chi connectivity index (χ0n) is 13.1. The predicted molar refractivity (Wildman–Crippen MR) is 85.8 cm³/mol. The van der Waals surface area contributed by atoms with Gasteiger partial charge in [0.25, 0.3) is 10.9 Å². The number of amidine groups is 1. The molecule has 1 aromatic rings. The van der Waals surface area contributed by atoms with Gasteiger partial charge in [-0.15, -0.1) is 0 Å². The number of nitrogens with zero attached hydrogens (tertiary/aromatic N) is 2. The Morgan fingerprint density at radius 1 is 1.33 bits per heavy atom. The fourth-order valence-corrected chi connectivity index (χ4v) is 6.44. The van der Waals surface area contributed by atoms with E-state index in [1.165, 1.54) is 23.9 Å². The van der Waals surface area contributed by atoms with Crippen molar-refractivity contribution < 1.29 is 14.1 Å². The summed E-state index contributed by atoms with van der Waals surface area (Å²) in [6.07, 6.45) is 0.522. The molecule has 2 aliphatic heterocycles. The number of nitriles is 2. The second-order valence-electron chi connectivity index (χ2n) is 6.34. The SMILES string of the molecule is CC[C@@]1(c2ccc(F)cc2)[C@]2(C#N)C(N)=[NH+][C@@]3(OCCS3)[C@@]21C#N. The minimum absolute atomic E-state index is 0.270. The van der Waals surface area contributed by atoms with Crippen molar-refractivity contribution in [3.8, 4) is 12.1 Å². The van der Waals surface area contributed by atoms with E-state index in [1.807, 2.05) is 6.92 Å². The van der Waals surface area contributed by atoms with Crippen molar-refractivity contribution in [2.24, 2.45) is 16.6 Å². The molecule has 3 aliphatic rings. The van der Waals surface area contributed by atoms with Crippen molar-refractivity contribution in [1.82, 2.24) is 0 Å². The average molecular weight is 343 g/mol. The van der Waals surface area contributed by atoms with Crippen LogP contribution in [0.3, 0.4) is 0 Å². The minimum Gasteiger partial charge on any atom is -0.327 e. The van der Waals surface area contributed by atoms with E-state index in [0.717, 1.165) is 5.56 Å². The van der Waals surface area contributed by atoms with E-state index >= 15 is 0 Å². The van der Waals surface area contributed by atoms with Crippen LogP contribution in [0.2, 0.25) is 0 Å². The highest BCUT2D eigenvalue weighted by Gasteiger charge is 3.03. The Labute approximate surface area is 143 Å². The molecule has 1 spiro atoms. The molecule has 4 rings (SSSR count). The summed E-state index contributed by atoms with van der Waals surface area (Å²) in [5.41, 5.74) is 3.83. The molecular weight excluding hydrogens is 327 g/mol. The largest absolute Gasteiger partial charge is 0.327 e. The van der Waals surface area contributed by atoms with Gasteiger partial charge in [-0.05, 0) is 24.1 Å². The van der Waals surface area contributed by atoms with Crippen LogP contribution in [0.25, 0.3) is 0 Å². The molecule has 24 heavy (non-hydrogen) atoms. The van der Waals surface area contributed by atoms with Gasteiger partial charge in [-0.2, -0.15) is 10.5 Å². The third-order valence-electron chi connectivity index (χ3n) is 5.87. The maximum absolute atomic E-state index is 13.4. The maximum atomic E-state index is 13.4. The molecule has 0 bridgehead atoms. The molecule has 7 heteroatoms. The summed E-state index contributed by atoms with van der Waals surface area (Å²) in [6, 6.07) is 10.7. The van der Waals surface area contributed by atoms with Gasteiger partial charge in [0.15, 0.2) is 10.8 Å². The van der Waals surface area contributed by atoms with Crippen molar-refractivity contribution in [3.63, 3.8) is 0 Å². The monoisotopic (exact) mass is 343 g/mol. The number of thioether (sulfide) groups is 1. The molecule has 0 amide bonds. The van der Waals surface area contributed by atoms with E-state index < -0.39 is 21.3 Å². The Morgan fingerprint density at radius 3 is 2.54 bits per heavy atom. The number of hydrogen-bond donors (Lipinski definition) is 2. The fourth-order valence-electron chi connectivity index (χ4n) is 5.05. The number of nitrogens with one attached hydrogen (secondary N) is 1. The molecule has 5 nitrogen and oxygen atoms in total. The molecule has 1 aliphatic carbocycles. The Kier molecular flexibility index (Phi) is 2.90. The third kappa shape index (κ3) is 1.20. The van der Waals surface area contributed by atoms with Crippen LogP contribution < -0.4 is 10.7 Å². The van der Waals surface area contributed by atoms with Gasteiger partial charge in [0.1, 0.15) is 5.82 Å². The number of nitrogens with two attached hydrogens (primary N) is 1. The predicted octanol–water partition coefficient (Wildman–Crippen LogP) is 0.376. The summed E-state index contributed by atoms with van der Waals surface area (Å²) in [4.78, 5) is 3.10. The van der Waals surface area contributed by atoms with Gasteiger partial charge in [0.2, 0.25) is 0 Å². The van der Waals surface area contributed by atoms with Crippen molar-refractivity contribution in [2.45, 2.75) is 23.8 Å². The van der Waals surface area contributed by atoms with Gasteiger partial charge in [-0.25, -0.2) is 9.38 Å². The highest BCUT2D eigenvalue weighted by atomic mass is 32.2. The number of benzene rings is 1. The molecule has 0 unspecified atom stereocenters. The minimum atomic E-state index is -1.20. The highest BCUT2D eigenvalue weighted by molar-refractivity contribution is 8.00. The zero-order chi connectivity index (χ0) is 17.2. The molecule has 3 N–H and O–H groups in total. The van der Waals surface area contributed by atoms with E-state index in [9.17, 15) is 14.9 Å². The first-order chi connectivity index (χ1) is 11.5. The lowest BCUT2D eigenvalue weighted by Crippen LogP contribution is -2.88. The maximum Gasteiger partial charge on any atom is 0.278 e. The third-order valence-corrected chi connectivity index (χ3v) is 7.18. The first-order valence-electron chi connectivity index (χ1n) is 7.79. The Hall–Kier alpha value is -2.09. The number of fused-ring (bicyclic) bond motifs is 2. The summed E-state index contributed by atoms with van der Waals surface area (Å²) in [6.45, 7) is 2.42. The topological polar surface area (TPSA) is 96.8 Å². The van der Waals surface area contributed by atoms with Crippen LogP contribution in [0.15, 0.2) is 24.3 Å². The van der Waals surface area contributed by atoms with Gasteiger partial charge in [-0.1, -0.05) is 30.8 Å². The van der Waals surface area contributed by atoms with E-state index in [1.54, 1.807) is 12.1 Å². The molecule has 4 atom stereocenters. The molecular formula is C17H16FN4OS+. The van der Waals surface area contributed by atoms with Crippen LogP contribution >= 0.6 is 11.8 Å². The van der Waals surface area contributed by atoms with Gasteiger partial charge in [0, 0.05) is 5.75 Å². The first-order valence-corrected chi connectivity index (χ1v) is 8.78. The van der Waals surface area contributed by atoms with Crippen LogP contribution in [-0.4, -0.2) is 23.3 Å². The van der Waals surface area contributed by atoms with Crippen molar-refractivity contribution in [2.75, 3.05) is 12.4 Å². The molecule has 1 saturated carbocycles. The van der Waals surface area contributed by atoms with Gasteiger partial charge >= 0.3 is 0 Å². The van der Waals surface area contributed by atoms with Gasteiger partial charge in [0.05, 0.1) is 24.2 Å². The lowest BCUT2D eigenvalue weighted by Gasteiger charge is -2.29. The van der Waals surface area contributed by atoms with Crippen LogP contribution in [-0.2, 0) is 10.2 Å². The highest BCUT2D eigenvalue weighted by Crippen LogP contribution is 2.85. The van der Waals surface area contributed by atoms with Crippen molar-refractivity contribution >= 4 is 17.6 Å². The second kappa shape index (κ2) is 4.50. The summed E-state index contributed by atoms with van der Waals surface area (Å²) in [7, 11) is 0. The summed E-state index contributed by atoms with van der Waals surface area (Å²) >= 11 is 1.48. The van der Waals surface area contributed by atoms with Gasteiger partial charge < -0.3 is 4.74 Å². The Balaban J connectivity index is 2.03. The van der Waals surface area contributed by atoms with E-state index in [4.69, 9.17) is 10.5 Å². The quantitative estimate of drug-likeness (QED) is 0.809. The van der Waals surface area contributed by atoms with Crippen molar-refractivity contribution in [3.05, 3.63) is 35.6 Å². The fraction of sp³-hybridized carbons (Fsp3) is 0.471. The van der Waals surface area contributed by atoms with Crippen LogP contribution in [0.5, 0.6) is 0 Å². The van der Waals surface area contributed by atoms with Crippen molar-refractivity contribution in [1.29, 1.82) is 10.5 Å². The normalized spacial score (nSPS) is 42.2. The standard InChI is InChI=1S/C17H15FN4OS/c1-2-14(11-3-5-12(18)6-4-11)15(9-19)13(21)22-17(16(14,15)10-20)23-7-8-24-17/h3-6H,2,7-8H2,1H3,(H2,21,22)/p+1/t14-,15+,16-,17-/m1/s1. The van der Waals surface area contributed by atoms with Crippen LogP contribution in [0.1, 0.15) is 18.9 Å². The molecule has 1 saturated heterocycles. The van der Waals surface area contributed by atoms with Crippen LogP contribution in [0.4, 0.5) is 4.39 Å². The number of halogens is 1. The first kappa shape index (κ1) is 15.4. The van der Waals surface area contributed by atoms with Crippen LogP contribution in [0, 0.1) is 39.3 Å². The molecule has 2 fully saturated rings. The Bertz CT molecular complexity index is 836. The zero-order valence-corrected chi connectivity index (χ0v) is 13.9. The lowest BCUT2D eigenvalue weighted by molar-refractivity contribution is -0.584. The molecule has 0 radical (unpaired) electrons. The van der Waals surface area contributed by atoms with Gasteiger partial charge in [-0.3, -0.25) is 5.73 Å². The molecule has 122 valence electrons. The van der Waals surface area contributed by atoms with E-state index in [0.29, 0.717) is 18.8 Å². The summed E-state index contributed by atoms with van der Waals surface area (Å²) in [5.74, 6) is 0.630. The summed E-state index contributed by atoms with van der Waals surface area (Å²) < 4.78 is 19.4. The number of ether oxygens (including phenoxy) is 1. The van der Waals surface area contributed by atoms with E-state index in [-0.39, 0.29) is 11.7 Å². The second-order valence-corrected chi connectivity index (χ2v) is 7.61. The van der Waals surface area contributed by atoms with E-state index in [2.05, 4.69) is 17.1 Å². The smallest absolute Gasteiger partial charge is 0.278 e. The lowest BCUT2D eigenvalue weighted by atomic mass is 9.81. The summed E-state index contributed by atoms with van der Waals surface area (Å²) in [5, 5.41) is 19.3. The molecule has 2 heterocycles. The average Bonchev–Trinajstić information content (AvgIpc) is 2.81. The number of hydrogen-bond acceptors (Lipinski definition) is 5.